The van der Waals surface area contributed by atoms with E-state index in [0.717, 1.165) is 0 Å². The Bertz CT molecular complexity index is 443. The molecular formula is C7H7Cl2N3O. The zero-order valence-electron chi connectivity index (χ0n) is 6.43. The molecule has 0 amide bonds. The summed E-state index contributed by atoms with van der Waals surface area (Å²) in [6.45, 7) is 0. The molecule has 0 saturated carbocycles. The maximum absolute atomic E-state index is 10.7. The van der Waals surface area contributed by atoms with Crippen LogP contribution in [0.3, 0.4) is 0 Å². The van der Waals surface area contributed by atoms with Crippen molar-refractivity contribution in [1.82, 2.24) is 15.2 Å². The first-order chi connectivity index (χ1) is 5.36. The Balaban J connectivity index is 0.000000720. The third-order valence-corrected chi connectivity index (χ3v) is 1.38. The van der Waals surface area contributed by atoms with E-state index in [4.69, 9.17) is 0 Å². The van der Waals surface area contributed by atoms with Crippen molar-refractivity contribution in [2.45, 2.75) is 0 Å². The van der Waals surface area contributed by atoms with Crippen molar-refractivity contribution in [2.75, 3.05) is 0 Å². The lowest BCUT2D eigenvalue weighted by Gasteiger charge is -1.90. The molecule has 0 aliphatic heterocycles. The lowest BCUT2D eigenvalue weighted by Crippen LogP contribution is -2.11. The van der Waals surface area contributed by atoms with E-state index in [0.29, 0.717) is 11.0 Å². The summed E-state index contributed by atoms with van der Waals surface area (Å²) in [6, 6.07) is 7.20. The molecular weight excluding hydrogens is 213 g/mol. The molecule has 6 heteroatoms. The van der Waals surface area contributed by atoms with E-state index in [-0.39, 0.29) is 24.8 Å². The van der Waals surface area contributed by atoms with Gasteiger partial charge in [-0.1, -0.05) is 12.1 Å². The summed E-state index contributed by atoms with van der Waals surface area (Å²) in [7, 11) is 0. The minimum atomic E-state index is -0.413. The molecule has 1 N–H and O–H groups in total. The van der Waals surface area contributed by atoms with E-state index < -0.39 is 5.69 Å². The third kappa shape index (κ3) is 2.40. The van der Waals surface area contributed by atoms with Gasteiger partial charge in [0.2, 0.25) is 0 Å². The van der Waals surface area contributed by atoms with Crippen molar-refractivity contribution < 1.29 is 0 Å². The summed E-state index contributed by atoms with van der Waals surface area (Å²) < 4.78 is 0. The Morgan fingerprint density at radius 2 is 1.69 bits per heavy atom. The number of aromatic nitrogens is 3. The SMILES string of the molecule is Cl.Cl.O=c1nc2ccccc2n[nH]1. The summed E-state index contributed by atoms with van der Waals surface area (Å²) in [6.07, 6.45) is 0. The minimum Gasteiger partial charge on any atom is -0.244 e. The second-order valence-electron chi connectivity index (χ2n) is 2.13. The second-order valence-corrected chi connectivity index (χ2v) is 2.13. The second kappa shape index (κ2) is 4.79. The number of H-pyrrole nitrogens is 1. The number of hydrogen-bond acceptors (Lipinski definition) is 3. The highest BCUT2D eigenvalue weighted by molar-refractivity contribution is 5.85. The number of rotatable bonds is 0. The van der Waals surface area contributed by atoms with Crippen molar-refractivity contribution >= 4 is 35.8 Å². The van der Waals surface area contributed by atoms with Gasteiger partial charge in [-0.25, -0.2) is 9.89 Å². The number of nitrogens with one attached hydrogen (secondary N) is 1. The van der Waals surface area contributed by atoms with Crippen LogP contribution in [0.2, 0.25) is 0 Å². The predicted octanol–water partition coefficient (Wildman–Crippen LogP) is 1.16. The summed E-state index contributed by atoms with van der Waals surface area (Å²) >= 11 is 0. The van der Waals surface area contributed by atoms with Gasteiger partial charge in [0.1, 0.15) is 5.52 Å². The molecule has 70 valence electrons. The molecule has 0 aliphatic carbocycles. The predicted molar refractivity (Wildman–Crippen MR) is 54.7 cm³/mol. The fourth-order valence-electron chi connectivity index (χ4n) is 0.896. The smallest absolute Gasteiger partial charge is 0.244 e. The van der Waals surface area contributed by atoms with E-state index in [9.17, 15) is 4.79 Å². The highest BCUT2D eigenvalue weighted by Crippen LogP contribution is 2.02. The van der Waals surface area contributed by atoms with E-state index >= 15 is 0 Å². The largest absolute Gasteiger partial charge is 0.361 e. The van der Waals surface area contributed by atoms with Gasteiger partial charge in [-0.05, 0) is 12.1 Å². The zero-order valence-corrected chi connectivity index (χ0v) is 8.06. The van der Waals surface area contributed by atoms with Crippen LogP contribution >= 0.6 is 24.8 Å². The standard InChI is InChI=1S/C7H5N3O.2ClH/c11-7-8-5-3-1-2-4-6(5)9-10-7;;/h1-4H,(H,8,10,11);2*1H. The first-order valence-electron chi connectivity index (χ1n) is 3.18. The molecule has 13 heavy (non-hydrogen) atoms. The van der Waals surface area contributed by atoms with Crippen molar-refractivity contribution in [3.63, 3.8) is 0 Å². The molecule has 0 unspecified atom stereocenters. The normalized spacial score (nSPS) is 8.62. The summed E-state index contributed by atoms with van der Waals surface area (Å²) in [5.41, 5.74) is 0.909. The molecule has 0 saturated heterocycles. The molecule has 1 aromatic carbocycles. The Kier molecular flexibility index (Phi) is 4.37. The topological polar surface area (TPSA) is 58.6 Å². The molecule has 4 nitrogen and oxygen atoms in total. The van der Waals surface area contributed by atoms with Gasteiger partial charge in [0.15, 0.2) is 0 Å². The van der Waals surface area contributed by atoms with E-state index in [1.165, 1.54) is 0 Å². The number of hydrogen-bond donors (Lipinski definition) is 1. The number of halogens is 2. The van der Waals surface area contributed by atoms with Crippen molar-refractivity contribution in [1.29, 1.82) is 0 Å². The van der Waals surface area contributed by atoms with E-state index in [1.54, 1.807) is 12.1 Å². The zero-order chi connectivity index (χ0) is 7.68. The quantitative estimate of drug-likeness (QED) is 0.724. The molecule has 2 rings (SSSR count). The average Bonchev–Trinajstić information content (AvgIpc) is 2.04. The number of aromatic amines is 1. The van der Waals surface area contributed by atoms with Gasteiger partial charge in [0, 0.05) is 0 Å². The van der Waals surface area contributed by atoms with Crippen LogP contribution in [-0.2, 0) is 0 Å². The van der Waals surface area contributed by atoms with Crippen LogP contribution in [0.1, 0.15) is 0 Å². The van der Waals surface area contributed by atoms with E-state index in [1.807, 2.05) is 12.1 Å². The summed E-state index contributed by atoms with van der Waals surface area (Å²) in [4.78, 5) is 14.4. The van der Waals surface area contributed by atoms with Gasteiger partial charge in [0.25, 0.3) is 0 Å². The lowest BCUT2D eigenvalue weighted by molar-refractivity contribution is 0.961. The van der Waals surface area contributed by atoms with Gasteiger partial charge >= 0.3 is 5.69 Å². The van der Waals surface area contributed by atoms with Crippen LogP contribution in [0.4, 0.5) is 0 Å². The first kappa shape index (κ1) is 11.9. The highest BCUT2D eigenvalue weighted by atomic mass is 35.5. The van der Waals surface area contributed by atoms with Crippen molar-refractivity contribution in [3.8, 4) is 0 Å². The molecule has 2 aromatic rings. The van der Waals surface area contributed by atoms with E-state index in [2.05, 4.69) is 15.2 Å². The monoisotopic (exact) mass is 219 g/mol. The molecule has 1 heterocycles. The molecule has 0 radical (unpaired) electrons. The molecule has 0 aliphatic rings. The number of para-hydroxylation sites is 2. The Hall–Kier alpha value is -1.13. The molecule has 0 atom stereocenters. The summed E-state index contributed by atoms with van der Waals surface area (Å²) in [5, 5.41) is 6.04. The fraction of sp³-hybridized carbons (Fsp3) is 0. The molecule has 1 aromatic heterocycles. The minimum absolute atomic E-state index is 0. The van der Waals surface area contributed by atoms with Crippen molar-refractivity contribution in [3.05, 3.63) is 34.7 Å². The van der Waals surface area contributed by atoms with Crippen LogP contribution in [0.5, 0.6) is 0 Å². The molecule has 0 bridgehead atoms. The van der Waals surface area contributed by atoms with Gasteiger partial charge in [-0.15, -0.1) is 24.8 Å². The maximum atomic E-state index is 10.7. The number of fused-ring (bicyclic) bond motifs is 1. The Morgan fingerprint density at radius 3 is 2.38 bits per heavy atom. The van der Waals surface area contributed by atoms with Crippen molar-refractivity contribution in [2.24, 2.45) is 0 Å². The summed E-state index contributed by atoms with van der Waals surface area (Å²) in [5.74, 6) is 0. The van der Waals surface area contributed by atoms with Gasteiger partial charge in [-0.2, -0.15) is 10.1 Å². The lowest BCUT2D eigenvalue weighted by atomic mass is 10.3. The van der Waals surface area contributed by atoms with Gasteiger partial charge in [0.05, 0.1) is 5.52 Å². The van der Waals surface area contributed by atoms with Crippen LogP contribution in [0.15, 0.2) is 29.1 Å². The van der Waals surface area contributed by atoms with Crippen LogP contribution in [-0.4, -0.2) is 15.2 Å². The van der Waals surface area contributed by atoms with Crippen LogP contribution in [0, 0.1) is 0 Å². The number of nitrogens with zero attached hydrogens (tertiary/aromatic N) is 2. The highest BCUT2D eigenvalue weighted by Gasteiger charge is 1.92. The maximum Gasteiger partial charge on any atom is 0.361 e. The Morgan fingerprint density at radius 1 is 1.08 bits per heavy atom. The van der Waals surface area contributed by atoms with Gasteiger partial charge in [-0.3, -0.25) is 0 Å². The average molecular weight is 220 g/mol. The molecule has 0 spiro atoms. The van der Waals surface area contributed by atoms with Crippen LogP contribution < -0.4 is 5.69 Å². The first-order valence-corrected chi connectivity index (χ1v) is 3.18. The fourth-order valence-corrected chi connectivity index (χ4v) is 0.896. The van der Waals surface area contributed by atoms with Gasteiger partial charge < -0.3 is 0 Å². The van der Waals surface area contributed by atoms with Crippen LogP contribution in [0.25, 0.3) is 11.0 Å². The Labute approximate surface area is 86.2 Å². The molecule has 0 fully saturated rings. The third-order valence-electron chi connectivity index (χ3n) is 1.38. The number of benzene rings is 1.